The molecule has 0 heterocycles. The molecule has 1 aromatic carbocycles. The third-order valence-corrected chi connectivity index (χ3v) is 5.38. The molecule has 0 saturated heterocycles. The normalized spacial score (nSPS) is 10.0. The van der Waals surface area contributed by atoms with Crippen LogP contribution in [0, 0.1) is 6.92 Å². The van der Waals surface area contributed by atoms with Gasteiger partial charge < -0.3 is 0 Å². The summed E-state index contributed by atoms with van der Waals surface area (Å²) in [6.07, 6.45) is 4.20. The van der Waals surface area contributed by atoms with Gasteiger partial charge in [0.1, 0.15) is 0 Å². The molecule has 0 aliphatic rings. The van der Waals surface area contributed by atoms with Crippen LogP contribution in [0.1, 0.15) is 11.1 Å². The van der Waals surface area contributed by atoms with Crippen molar-refractivity contribution in [2.24, 2.45) is 0 Å². The highest BCUT2D eigenvalue weighted by Crippen LogP contribution is 2.36. The summed E-state index contributed by atoms with van der Waals surface area (Å²) < 4.78 is 2.51. The van der Waals surface area contributed by atoms with Gasteiger partial charge >= 0.3 is 0 Å². The van der Waals surface area contributed by atoms with Gasteiger partial charge in [0, 0.05) is 4.48 Å². The fourth-order valence-electron chi connectivity index (χ4n) is 1.08. The molecule has 0 atom stereocenters. The minimum atomic E-state index is 1.19. The van der Waals surface area contributed by atoms with Crippen LogP contribution in [0.2, 0.25) is 0 Å². The molecule has 0 bridgehead atoms. The Morgan fingerprint density at radius 3 is 2.00 bits per heavy atom. The Morgan fingerprint density at radius 1 is 1.07 bits per heavy atom. The predicted molar refractivity (Wildman–Crippen MR) is 74.1 cm³/mol. The minimum Gasteiger partial charge on any atom is -0.122 e. The topological polar surface area (TPSA) is 0 Å². The van der Waals surface area contributed by atoms with E-state index in [2.05, 4.69) is 59.6 Å². The van der Waals surface area contributed by atoms with Crippen LogP contribution < -0.4 is 0 Å². The minimum absolute atomic E-state index is 1.19. The zero-order chi connectivity index (χ0) is 10.6. The molecule has 0 saturated carbocycles. The zero-order valence-corrected chi connectivity index (χ0v) is 11.7. The lowest BCUT2D eigenvalue weighted by Crippen LogP contribution is -1.80. The Hall–Kier alpha value is 0.140. The summed E-state index contributed by atoms with van der Waals surface area (Å²) in [6, 6.07) is 8.56. The molecular formula is C11H13BrS2. The van der Waals surface area contributed by atoms with Crippen molar-refractivity contribution in [3.8, 4) is 0 Å². The smallest absolute Gasteiger partial charge is 0.0544 e. The molecule has 0 fully saturated rings. The fraction of sp³-hybridized carbons (Fsp3) is 0.273. The second-order valence-corrected chi connectivity index (χ2v) is 5.56. The Balaban J connectivity index is 3.04. The van der Waals surface area contributed by atoms with Gasteiger partial charge in [-0.1, -0.05) is 29.8 Å². The van der Waals surface area contributed by atoms with E-state index in [0.717, 1.165) is 0 Å². The van der Waals surface area contributed by atoms with Crippen molar-refractivity contribution in [3.63, 3.8) is 0 Å². The highest BCUT2D eigenvalue weighted by atomic mass is 79.9. The van der Waals surface area contributed by atoms with E-state index >= 15 is 0 Å². The molecule has 0 spiro atoms. The molecule has 76 valence electrons. The van der Waals surface area contributed by atoms with Crippen molar-refractivity contribution in [2.45, 2.75) is 6.92 Å². The molecular weight excluding hydrogens is 276 g/mol. The van der Waals surface area contributed by atoms with Gasteiger partial charge in [-0.15, -0.1) is 23.5 Å². The summed E-state index contributed by atoms with van der Waals surface area (Å²) in [4.78, 5) is 0. The lowest BCUT2D eigenvalue weighted by molar-refractivity contribution is 1.46. The zero-order valence-electron chi connectivity index (χ0n) is 8.50. The number of thioether (sulfide) groups is 2. The number of benzene rings is 1. The SMILES string of the molecule is CSC(SC)=C(Br)c1ccc(C)cc1. The number of aryl methyl sites for hydroxylation is 1. The lowest BCUT2D eigenvalue weighted by Gasteiger charge is -2.05. The summed E-state index contributed by atoms with van der Waals surface area (Å²) in [5, 5.41) is 0. The second-order valence-electron chi connectivity index (χ2n) is 2.88. The first-order chi connectivity index (χ1) is 6.69. The monoisotopic (exact) mass is 288 g/mol. The van der Waals surface area contributed by atoms with E-state index in [1.54, 1.807) is 23.5 Å². The summed E-state index contributed by atoms with van der Waals surface area (Å²) in [5.74, 6) is 0. The number of rotatable bonds is 3. The summed E-state index contributed by atoms with van der Waals surface area (Å²) >= 11 is 7.18. The third kappa shape index (κ3) is 3.07. The Morgan fingerprint density at radius 2 is 1.57 bits per heavy atom. The fourth-order valence-corrected chi connectivity index (χ4v) is 3.58. The van der Waals surface area contributed by atoms with Crippen LogP contribution in [-0.4, -0.2) is 12.5 Å². The van der Waals surface area contributed by atoms with Crippen molar-refractivity contribution in [2.75, 3.05) is 12.5 Å². The quantitative estimate of drug-likeness (QED) is 0.788. The van der Waals surface area contributed by atoms with E-state index < -0.39 is 0 Å². The lowest BCUT2D eigenvalue weighted by atomic mass is 10.1. The molecule has 0 unspecified atom stereocenters. The van der Waals surface area contributed by atoms with E-state index in [1.807, 2.05) is 0 Å². The maximum atomic E-state index is 3.64. The molecule has 0 amide bonds. The third-order valence-electron chi connectivity index (χ3n) is 1.86. The first-order valence-corrected chi connectivity index (χ1v) is 7.48. The molecule has 0 radical (unpaired) electrons. The molecule has 3 heteroatoms. The molecule has 0 aliphatic carbocycles. The molecule has 0 N–H and O–H groups in total. The van der Waals surface area contributed by atoms with Crippen molar-refractivity contribution < 1.29 is 0 Å². The predicted octanol–water partition coefficient (Wildman–Crippen LogP) is 4.74. The van der Waals surface area contributed by atoms with Gasteiger partial charge in [-0.2, -0.15) is 0 Å². The second kappa shape index (κ2) is 5.89. The summed E-state index contributed by atoms with van der Waals surface area (Å²) in [5.41, 5.74) is 2.54. The molecule has 0 nitrogen and oxygen atoms in total. The average Bonchev–Trinajstić information content (AvgIpc) is 2.20. The van der Waals surface area contributed by atoms with Crippen LogP contribution in [0.25, 0.3) is 4.48 Å². The van der Waals surface area contributed by atoms with E-state index in [9.17, 15) is 0 Å². The van der Waals surface area contributed by atoms with Crippen molar-refractivity contribution in [3.05, 3.63) is 39.6 Å². The largest absolute Gasteiger partial charge is 0.122 e. The van der Waals surface area contributed by atoms with Crippen LogP contribution in [0.4, 0.5) is 0 Å². The van der Waals surface area contributed by atoms with Crippen LogP contribution in [0.3, 0.4) is 0 Å². The van der Waals surface area contributed by atoms with E-state index in [4.69, 9.17) is 0 Å². The maximum Gasteiger partial charge on any atom is 0.0544 e. The highest BCUT2D eigenvalue weighted by Gasteiger charge is 2.04. The van der Waals surface area contributed by atoms with Crippen molar-refractivity contribution in [1.82, 2.24) is 0 Å². The average molecular weight is 289 g/mol. The standard InChI is InChI=1S/C11H13BrS2/c1-8-4-6-9(7-5-8)10(12)11(13-2)14-3/h4-7H,1-3H3. The van der Waals surface area contributed by atoms with Gasteiger partial charge in [-0.05, 0) is 40.9 Å². The number of hydrogen-bond acceptors (Lipinski definition) is 2. The van der Waals surface area contributed by atoms with E-state index in [1.165, 1.54) is 19.8 Å². The van der Waals surface area contributed by atoms with Gasteiger partial charge in [0.05, 0.1) is 4.24 Å². The van der Waals surface area contributed by atoms with Crippen LogP contribution >= 0.6 is 39.5 Å². The highest BCUT2D eigenvalue weighted by molar-refractivity contribution is 9.15. The Bertz CT molecular complexity index is 322. The van der Waals surface area contributed by atoms with Gasteiger partial charge in [0.25, 0.3) is 0 Å². The Labute approximate surface area is 103 Å². The van der Waals surface area contributed by atoms with Gasteiger partial charge in [-0.25, -0.2) is 0 Å². The number of halogens is 1. The molecule has 0 aromatic heterocycles. The summed E-state index contributed by atoms with van der Waals surface area (Å²) in [6.45, 7) is 2.10. The molecule has 0 aliphatic heterocycles. The van der Waals surface area contributed by atoms with E-state index in [-0.39, 0.29) is 0 Å². The summed E-state index contributed by atoms with van der Waals surface area (Å²) in [7, 11) is 0. The number of hydrogen-bond donors (Lipinski definition) is 0. The van der Waals surface area contributed by atoms with Gasteiger partial charge in [0.2, 0.25) is 0 Å². The van der Waals surface area contributed by atoms with E-state index in [0.29, 0.717) is 0 Å². The van der Waals surface area contributed by atoms with Crippen molar-refractivity contribution >= 4 is 43.9 Å². The van der Waals surface area contributed by atoms with Crippen LogP contribution in [0.5, 0.6) is 0 Å². The maximum absolute atomic E-state index is 3.64. The first-order valence-electron chi connectivity index (χ1n) is 4.24. The molecule has 1 aromatic rings. The first kappa shape index (κ1) is 12.2. The molecule has 14 heavy (non-hydrogen) atoms. The molecule has 1 rings (SSSR count). The Kier molecular flexibility index (Phi) is 5.13. The van der Waals surface area contributed by atoms with Gasteiger partial charge in [0.15, 0.2) is 0 Å². The van der Waals surface area contributed by atoms with Crippen LogP contribution in [-0.2, 0) is 0 Å². The van der Waals surface area contributed by atoms with Crippen molar-refractivity contribution in [1.29, 1.82) is 0 Å². The van der Waals surface area contributed by atoms with Crippen LogP contribution in [0.15, 0.2) is 28.5 Å². The van der Waals surface area contributed by atoms with Gasteiger partial charge in [-0.3, -0.25) is 0 Å².